The molecule has 2 N–H and O–H groups in total. The highest BCUT2D eigenvalue weighted by Crippen LogP contribution is 2.19. The van der Waals surface area contributed by atoms with Crippen molar-refractivity contribution in [3.8, 4) is 0 Å². The summed E-state index contributed by atoms with van der Waals surface area (Å²) in [4.78, 5) is 2.22. The predicted molar refractivity (Wildman–Crippen MR) is 61.7 cm³/mol. The van der Waals surface area contributed by atoms with Gasteiger partial charge in [0.1, 0.15) is 4.99 Å². The minimum absolute atomic E-state index is 0.365. The highest BCUT2D eigenvalue weighted by molar-refractivity contribution is 7.80. The molecule has 1 aromatic heterocycles. The second-order valence-corrected chi connectivity index (χ2v) is 3.81. The Labute approximate surface area is 89.1 Å². The Hall–Kier alpha value is -1.23. The lowest BCUT2D eigenvalue weighted by Gasteiger charge is -2.17. The molecular weight excluding hydrogens is 196 g/mol. The van der Waals surface area contributed by atoms with Crippen LogP contribution in [0.5, 0.6) is 0 Å². The van der Waals surface area contributed by atoms with E-state index in [-0.39, 0.29) is 0 Å². The maximum Gasteiger partial charge on any atom is 0.161 e. The van der Waals surface area contributed by atoms with E-state index in [2.05, 4.69) is 10.2 Å². The summed E-state index contributed by atoms with van der Waals surface area (Å²) in [5.41, 5.74) is 8.33. The van der Waals surface area contributed by atoms with Gasteiger partial charge < -0.3 is 10.6 Å². The molecule has 1 aromatic rings. The first-order chi connectivity index (χ1) is 6.45. The van der Waals surface area contributed by atoms with Crippen molar-refractivity contribution in [2.75, 3.05) is 19.0 Å². The Kier molecular flexibility index (Phi) is 3.00. The maximum absolute atomic E-state index is 5.66. The zero-order valence-electron chi connectivity index (χ0n) is 8.83. The number of nitrogens with zero attached hydrogens (tertiary/aromatic N) is 3. The van der Waals surface area contributed by atoms with Gasteiger partial charge >= 0.3 is 0 Å². The SMILES string of the molecule is Cc1nnc(N(C)C)c(C(N)=S)c1C. The van der Waals surface area contributed by atoms with Gasteiger partial charge in [0, 0.05) is 14.1 Å². The van der Waals surface area contributed by atoms with Crippen LogP contribution in [-0.2, 0) is 0 Å². The van der Waals surface area contributed by atoms with E-state index in [1.807, 2.05) is 32.8 Å². The van der Waals surface area contributed by atoms with E-state index in [4.69, 9.17) is 18.0 Å². The Morgan fingerprint density at radius 3 is 2.29 bits per heavy atom. The fourth-order valence-electron chi connectivity index (χ4n) is 1.20. The highest BCUT2D eigenvalue weighted by Gasteiger charge is 2.14. The third-order valence-corrected chi connectivity index (χ3v) is 2.31. The first-order valence-corrected chi connectivity index (χ1v) is 4.67. The van der Waals surface area contributed by atoms with E-state index in [0.717, 1.165) is 22.6 Å². The summed E-state index contributed by atoms with van der Waals surface area (Å²) in [7, 11) is 3.78. The number of hydrogen-bond donors (Lipinski definition) is 1. The Morgan fingerprint density at radius 1 is 1.29 bits per heavy atom. The third-order valence-electron chi connectivity index (χ3n) is 2.11. The van der Waals surface area contributed by atoms with Gasteiger partial charge in [0.05, 0.1) is 11.3 Å². The number of aryl methyl sites for hydroxylation is 1. The number of thiocarbonyl (C=S) groups is 1. The van der Waals surface area contributed by atoms with Crippen molar-refractivity contribution < 1.29 is 0 Å². The van der Waals surface area contributed by atoms with E-state index in [1.54, 1.807) is 0 Å². The van der Waals surface area contributed by atoms with Gasteiger partial charge in [0.25, 0.3) is 0 Å². The van der Waals surface area contributed by atoms with E-state index in [0.29, 0.717) is 4.99 Å². The number of hydrogen-bond acceptors (Lipinski definition) is 4. The Bertz CT molecular complexity index is 373. The van der Waals surface area contributed by atoms with Crippen molar-refractivity contribution in [3.63, 3.8) is 0 Å². The smallest absolute Gasteiger partial charge is 0.161 e. The second-order valence-electron chi connectivity index (χ2n) is 3.37. The van der Waals surface area contributed by atoms with Crippen LogP contribution in [0.2, 0.25) is 0 Å². The Balaban J connectivity index is 3.45. The molecule has 0 fully saturated rings. The van der Waals surface area contributed by atoms with Crippen LogP contribution in [0.15, 0.2) is 0 Å². The van der Waals surface area contributed by atoms with Gasteiger partial charge in [-0.1, -0.05) is 12.2 Å². The summed E-state index contributed by atoms with van der Waals surface area (Å²) in [6, 6.07) is 0. The normalized spacial score (nSPS) is 10.0. The van der Waals surface area contributed by atoms with Gasteiger partial charge in [0.15, 0.2) is 5.82 Å². The molecule has 5 heteroatoms. The van der Waals surface area contributed by atoms with Crippen LogP contribution in [0, 0.1) is 13.8 Å². The van der Waals surface area contributed by atoms with Gasteiger partial charge in [-0.3, -0.25) is 0 Å². The summed E-state index contributed by atoms with van der Waals surface area (Å²) in [5.74, 6) is 0.723. The number of aromatic nitrogens is 2. The number of rotatable bonds is 2. The van der Waals surface area contributed by atoms with E-state index in [9.17, 15) is 0 Å². The number of anilines is 1. The molecule has 0 aliphatic rings. The highest BCUT2D eigenvalue weighted by atomic mass is 32.1. The molecule has 0 unspecified atom stereocenters. The molecular formula is C9H14N4S. The average molecular weight is 210 g/mol. The van der Waals surface area contributed by atoms with Crippen molar-refractivity contribution in [3.05, 3.63) is 16.8 Å². The zero-order chi connectivity index (χ0) is 10.9. The third kappa shape index (κ3) is 1.82. The first kappa shape index (κ1) is 10.8. The molecule has 0 spiro atoms. The zero-order valence-corrected chi connectivity index (χ0v) is 9.64. The van der Waals surface area contributed by atoms with Crippen LogP contribution in [0.1, 0.15) is 16.8 Å². The number of nitrogens with two attached hydrogens (primary N) is 1. The Morgan fingerprint density at radius 2 is 1.86 bits per heavy atom. The molecule has 76 valence electrons. The van der Waals surface area contributed by atoms with Crippen LogP contribution >= 0.6 is 12.2 Å². The van der Waals surface area contributed by atoms with Crippen molar-refractivity contribution in [1.29, 1.82) is 0 Å². The van der Waals surface area contributed by atoms with Crippen molar-refractivity contribution in [1.82, 2.24) is 10.2 Å². The fraction of sp³-hybridized carbons (Fsp3) is 0.444. The molecule has 0 amide bonds. The van der Waals surface area contributed by atoms with Gasteiger partial charge in [-0.05, 0) is 19.4 Å². The molecule has 0 aliphatic heterocycles. The molecule has 4 nitrogen and oxygen atoms in total. The first-order valence-electron chi connectivity index (χ1n) is 4.26. The summed E-state index contributed by atoms with van der Waals surface area (Å²) in [5, 5.41) is 8.10. The van der Waals surface area contributed by atoms with Gasteiger partial charge in [-0.2, -0.15) is 5.10 Å². The monoisotopic (exact) mass is 210 g/mol. The maximum atomic E-state index is 5.66. The molecule has 14 heavy (non-hydrogen) atoms. The molecule has 1 rings (SSSR count). The van der Waals surface area contributed by atoms with Crippen LogP contribution in [0.3, 0.4) is 0 Å². The molecule has 1 heterocycles. The molecule has 0 saturated carbocycles. The molecule has 0 saturated heterocycles. The minimum atomic E-state index is 0.365. The van der Waals surface area contributed by atoms with Crippen LogP contribution < -0.4 is 10.6 Å². The average Bonchev–Trinajstić information content (AvgIpc) is 2.08. The van der Waals surface area contributed by atoms with Gasteiger partial charge in [-0.25, -0.2) is 0 Å². The molecule has 0 aliphatic carbocycles. The molecule has 0 radical (unpaired) electrons. The van der Waals surface area contributed by atoms with Crippen LogP contribution in [-0.4, -0.2) is 29.3 Å². The van der Waals surface area contributed by atoms with Crippen LogP contribution in [0.25, 0.3) is 0 Å². The molecule has 0 atom stereocenters. The lowest BCUT2D eigenvalue weighted by Crippen LogP contribution is -2.22. The topological polar surface area (TPSA) is 55.0 Å². The summed E-state index contributed by atoms with van der Waals surface area (Å²) < 4.78 is 0. The fourth-order valence-corrected chi connectivity index (χ4v) is 1.45. The minimum Gasteiger partial charge on any atom is -0.389 e. The van der Waals surface area contributed by atoms with E-state index in [1.165, 1.54) is 0 Å². The van der Waals surface area contributed by atoms with E-state index < -0.39 is 0 Å². The lowest BCUT2D eigenvalue weighted by molar-refractivity contribution is 0.917. The van der Waals surface area contributed by atoms with Crippen molar-refractivity contribution in [2.24, 2.45) is 5.73 Å². The second kappa shape index (κ2) is 3.88. The summed E-state index contributed by atoms with van der Waals surface area (Å²) >= 11 is 5.00. The molecule has 0 bridgehead atoms. The quantitative estimate of drug-likeness (QED) is 0.732. The van der Waals surface area contributed by atoms with Crippen molar-refractivity contribution >= 4 is 23.0 Å². The summed E-state index contributed by atoms with van der Waals surface area (Å²) in [6.07, 6.45) is 0. The van der Waals surface area contributed by atoms with Crippen molar-refractivity contribution in [2.45, 2.75) is 13.8 Å². The van der Waals surface area contributed by atoms with Gasteiger partial charge in [0.2, 0.25) is 0 Å². The van der Waals surface area contributed by atoms with Crippen LogP contribution in [0.4, 0.5) is 5.82 Å². The lowest BCUT2D eigenvalue weighted by atomic mass is 10.1. The predicted octanol–water partition coefficient (Wildman–Crippen LogP) is 0.794. The molecule has 0 aromatic carbocycles. The standard InChI is InChI=1S/C9H14N4S/c1-5-6(2)11-12-9(13(3)4)7(5)8(10)14/h1-4H3,(H2,10,14). The summed E-state index contributed by atoms with van der Waals surface area (Å²) in [6.45, 7) is 3.84. The van der Waals surface area contributed by atoms with E-state index >= 15 is 0 Å². The van der Waals surface area contributed by atoms with Gasteiger partial charge in [-0.15, -0.1) is 5.10 Å². The largest absolute Gasteiger partial charge is 0.389 e.